The first kappa shape index (κ1) is 18.3. The minimum absolute atomic E-state index is 0.103. The van der Waals surface area contributed by atoms with Gasteiger partial charge < -0.3 is 4.90 Å². The maximum atomic E-state index is 13.8. The lowest BCUT2D eigenvalue weighted by Gasteiger charge is -2.53. The molecule has 5 nitrogen and oxygen atoms in total. The van der Waals surface area contributed by atoms with Crippen LogP contribution in [0.2, 0.25) is 0 Å². The monoisotopic (exact) mass is 405 g/mol. The van der Waals surface area contributed by atoms with Crippen LogP contribution in [0.5, 0.6) is 0 Å². The number of carbonyl (C=O) groups is 2. The van der Waals surface area contributed by atoms with Crippen LogP contribution in [0.15, 0.2) is 54.6 Å². The number of hydrogen-bond donors (Lipinski definition) is 0. The number of para-hydroxylation sites is 1. The summed E-state index contributed by atoms with van der Waals surface area (Å²) in [6.45, 7) is 0.821. The number of nitrogens with zero attached hydrogens (tertiary/aromatic N) is 3. The molecule has 0 saturated carbocycles. The van der Waals surface area contributed by atoms with E-state index in [1.165, 1.54) is 15.4 Å². The highest BCUT2D eigenvalue weighted by Gasteiger charge is 2.65. The fourth-order valence-corrected chi connectivity index (χ4v) is 5.73. The third-order valence-electron chi connectivity index (χ3n) is 6.85. The second kappa shape index (κ2) is 6.39. The van der Waals surface area contributed by atoms with E-state index < -0.39 is 5.41 Å². The maximum Gasteiger partial charge on any atom is 0.246 e. The van der Waals surface area contributed by atoms with Gasteiger partial charge in [-0.05, 0) is 42.3 Å². The van der Waals surface area contributed by atoms with E-state index in [4.69, 9.17) is 12.2 Å². The number of rotatable bonds is 1. The molecular formula is C23H23N3O2S. The smallest absolute Gasteiger partial charge is 0.246 e. The van der Waals surface area contributed by atoms with E-state index in [1.807, 2.05) is 36.4 Å². The molecule has 2 aromatic carbocycles. The van der Waals surface area contributed by atoms with Gasteiger partial charge in [-0.25, -0.2) is 0 Å². The highest BCUT2D eigenvalue weighted by Crippen LogP contribution is 2.53. The van der Waals surface area contributed by atoms with Crippen molar-refractivity contribution < 1.29 is 9.59 Å². The Bertz CT molecular complexity index is 998. The van der Waals surface area contributed by atoms with Crippen LogP contribution >= 0.6 is 12.2 Å². The number of anilines is 1. The van der Waals surface area contributed by atoms with E-state index in [1.54, 1.807) is 14.1 Å². The molecule has 1 spiro atoms. The molecule has 148 valence electrons. The molecule has 2 saturated heterocycles. The Kier molecular flexibility index (Phi) is 4.03. The van der Waals surface area contributed by atoms with Crippen molar-refractivity contribution in [1.82, 2.24) is 9.80 Å². The van der Waals surface area contributed by atoms with Gasteiger partial charge in [-0.3, -0.25) is 19.4 Å². The lowest BCUT2D eigenvalue weighted by atomic mass is 9.64. The summed E-state index contributed by atoms with van der Waals surface area (Å²) in [4.78, 5) is 32.8. The average molecular weight is 406 g/mol. The summed E-state index contributed by atoms with van der Waals surface area (Å²) >= 11 is 5.38. The molecule has 0 unspecified atom stereocenters. The van der Waals surface area contributed by atoms with Crippen molar-refractivity contribution in [1.29, 1.82) is 0 Å². The van der Waals surface area contributed by atoms with E-state index >= 15 is 0 Å². The molecule has 3 aliphatic heterocycles. The first-order valence-corrected chi connectivity index (χ1v) is 10.4. The second-order valence-corrected chi connectivity index (χ2v) is 8.60. The third kappa shape index (κ3) is 2.35. The minimum Gasteiger partial charge on any atom is -0.366 e. The van der Waals surface area contributed by atoms with Crippen molar-refractivity contribution in [2.45, 2.75) is 24.8 Å². The predicted octanol–water partition coefficient (Wildman–Crippen LogP) is 2.81. The minimum atomic E-state index is -1.17. The molecule has 2 amide bonds. The van der Waals surface area contributed by atoms with E-state index in [9.17, 15) is 9.59 Å². The first-order chi connectivity index (χ1) is 14.0. The lowest BCUT2D eigenvalue weighted by molar-refractivity contribution is -0.157. The zero-order valence-corrected chi connectivity index (χ0v) is 17.4. The second-order valence-electron chi connectivity index (χ2n) is 8.23. The van der Waals surface area contributed by atoms with E-state index in [2.05, 4.69) is 23.1 Å². The summed E-state index contributed by atoms with van der Waals surface area (Å²) in [7, 11) is 3.37. The van der Waals surface area contributed by atoms with Gasteiger partial charge in [0.15, 0.2) is 10.5 Å². The molecular weight excluding hydrogens is 382 g/mol. The van der Waals surface area contributed by atoms with E-state index in [0.29, 0.717) is 6.42 Å². The number of hydrogen-bond acceptors (Lipinski definition) is 4. The number of thiocarbonyl (C=S) groups is 1. The molecule has 0 bridgehead atoms. The van der Waals surface area contributed by atoms with E-state index in [0.717, 1.165) is 24.2 Å². The summed E-state index contributed by atoms with van der Waals surface area (Å²) in [5, 5.41) is 0.269. The topological polar surface area (TPSA) is 43.9 Å². The van der Waals surface area contributed by atoms with Gasteiger partial charge in [0.1, 0.15) is 0 Å². The summed E-state index contributed by atoms with van der Waals surface area (Å²) < 4.78 is 0. The van der Waals surface area contributed by atoms with Gasteiger partial charge in [-0.1, -0.05) is 48.5 Å². The fourth-order valence-electron chi connectivity index (χ4n) is 5.56. The quantitative estimate of drug-likeness (QED) is 0.541. The Morgan fingerprint density at radius 1 is 0.931 bits per heavy atom. The Morgan fingerprint density at radius 3 is 2.24 bits per heavy atom. The Labute approximate surface area is 175 Å². The van der Waals surface area contributed by atoms with Crippen molar-refractivity contribution in [3.63, 3.8) is 0 Å². The molecule has 0 N–H and O–H groups in total. The number of carbonyl (C=O) groups excluding carboxylic acids is 2. The van der Waals surface area contributed by atoms with E-state index in [-0.39, 0.29) is 28.9 Å². The summed E-state index contributed by atoms with van der Waals surface area (Å²) in [6.07, 6.45) is 1.31. The molecule has 3 aliphatic rings. The molecule has 5 rings (SSSR count). The molecule has 0 radical (unpaired) electrons. The normalized spacial score (nSPS) is 25.4. The van der Waals surface area contributed by atoms with Gasteiger partial charge in [-0.2, -0.15) is 0 Å². The van der Waals surface area contributed by atoms with Gasteiger partial charge in [0, 0.05) is 32.2 Å². The SMILES string of the molecule is CN1C(=O)C2(Cc3ccccc3N3CC[C@H](c4ccccc4)[C@@H]32)C(=O)N(C)C1=S. The number of benzene rings is 2. The molecule has 2 aromatic rings. The molecule has 6 heteroatoms. The van der Waals surface area contributed by atoms with Crippen LogP contribution in [0.25, 0.3) is 0 Å². The maximum absolute atomic E-state index is 13.8. The molecule has 2 fully saturated rings. The van der Waals surface area contributed by atoms with Gasteiger partial charge in [-0.15, -0.1) is 0 Å². The highest BCUT2D eigenvalue weighted by atomic mass is 32.1. The molecule has 3 heterocycles. The summed E-state index contributed by atoms with van der Waals surface area (Å²) in [5.41, 5.74) is 2.20. The molecule has 0 aliphatic carbocycles. The summed E-state index contributed by atoms with van der Waals surface area (Å²) in [5.74, 6) is -0.262. The Hall–Kier alpha value is -2.73. The van der Waals surface area contributed by atoms with Crippen LogP contribution in [-0.4, -0.2) is 53.4 Å². The van der Waals surface area contributed by atoms with Crippen molar-refractivity contribution in [3.05, 3.63) is 65.7 Å². The van der Waals surface area contributed by atoms with Crippen LogP contribution in [0, 0.1) is 5.41 Å². The average Bonchev–Trinajstić information content (AvgIpc) is 3.22. The number of fused-ring (bicyclic) bond motifs is 4. The lowest BCUT2D eigenvalue weighted by Crippen LogP contribution is -2.71. The van der Waals surface area contributed by atoms with Crippen LogP contribution in [-0.2, 0) is 16.0 Å². The van der Waals surface area contributed by atoms with Gasteiger partial charge in [0.2, 0.25) is 11.8 Å². The van der Waals surface area contributed by atoms with Crippen molar-refractivity contribution in [3.8, 4) is 0 Å². The molecule has 29 heavy (non-hydrogen) atoms. The zero-order valence-electron chi connectivity index (χ0n) is 16.5. The standard InChI is InChI=1S/C23H23N3O2S/c1-24-20(27)23(21(28)25(2)22(24)29)14-16-10-6-7-11-18(16)26-13-12-17(19(23)26)15-8-4-3-5-9-15/h3-11,17,19H,12-14H2,1-2H3/t17-,19-/m1/s1. The number of amides is 2. The Balaban J connectivity index is 1.74. The van der Waals surface area contributed by atoms with Crippen molar-refractivity contribution in [2.24, 2.45) is 5.41 Å². The van der Waals surface area contributed by atoms with Crippen molar-refractivity contribution in [2.75, 3.05) is 25.5 Å². The third-order valence-corrected chi connectivity index (χ3v) is 7.40. The zero-order chi connectivity index (χ0) is 20.3. The van der Waals surface area contributed by atoms with Crippen LogP contribution in [0.3, 0.4) is 0 Å². The molecule has 0 aromatic heterocycles. The van der Waals surface area contributed by atoms with Gasteiger partial charge >= 0.3 is 0 Å². The highest BCUT2D eigenvalue weighted by molar-refractivity contribution is 7.80. The van der Waals surface area contributed by atoms with Crippen molar-refractivity contribution >= 4 is 34.8 Å². The van der Waals surface area contributed by atoms with Gasteiger partial charge in [0.25, 0.3) is 0 Å². The molecule has 2 atom stereocenters. The van der Waals surface area contributed by atoms with Crippen LogP contribution < -0.4 is 4.90 Å². The first-order valence-electron chi connectivity index (χ1n) is 9.96. The summed E-state index contributed by atoms with van der Waals surface area (Å²) in [6, 6.07) is 18.2. The Morgan fingerprint density at radius 2 is 1.55 bits per heavy atom. The largest absolute Gasteiger partial charge is 0.366 e. The van der Waals surface area contributed by atoms with Gasteiger partial charge in [0.05, 0.1) is 6.04 Å². The van der Waals surface area contributed by atoms with Crippen LogP contribution in [0.4, 0.5) is 5.69 Å². The predicted molar refractivity (Wildman–Crippen MR) is 116 cm³/mol. The fraction of sp³-hybridized carbons (Fsp3) is 0.348. The van der Waals surface area contributed by atoms with Crippen LogP contribution in [0.1, 0.15) is 23.5 Å².